The van der Waals surface area contributed by atoms with Crippen molar-refractivity contribution in [2.45, 2.75) is 17.9 Å². The third-order valence-electron chi connectivity index (χ3n) is 5.21. The van der Waals surface area contributed by atoms with Gasteiger partial charge in [-0.3, -0.25) is 9.69 Å². The van der Waals surface area contributed by atoms with Crippen LogP contribution in [-0.2, 0) is 10.0 Å². The summed E-state index contributed by atoms with van der Waals surface area (Å²) in [5.74, 6) is -0.368. The van der Waals surface area contributed by atoms with Crippen LogP contribution in [0.4, 0.5) is 0 Å². The summed E-state index contributed by atoms with van der Waals surface area (Å²) < 4.78 is 27.6. The summed E-state index contributed by atoms with van der Waals surface area (Å²) in [6, 6.07) is 13.6. The van der Waals surface area contributed by atoms with Gasteiger partial charge in [0, 0.05) is 38.3 Å². The zero-order valence-corrected chi connectivity index (χ0v) is 18.4. The van der Waals surface area contributed by atoms with Gasteiger partial charge < -0.3 is 10.4 Å². The Bertz CT molecular complexity index is 977. The molecule has 1 fully saturated rings. The number of β-amino-alcohol motifs (C(OH)–C–C–N with tert-alkyl or cyclic N) is 1. The van der Waals surface area contributed by atoms with Gasteiger partial charge in [0.05, 0.1) is 17.7 Å². The third kappa shape index (κ3) is 5.19. The maximum Gasteiger partial charge on any atom is 0.251 e. The molecule has 0 spiro atoms. The van der Waals surface area contributed by atoms with Crippen LogP contribution in [0.5, 0.6) is 0 Å². The second-order valence-corrected chi connectivity index (χ2v) is 9.53. The molecule has 1 atom stereocenters. The molecular weight excluding hydrogens is 426 g/mol. The van der Waals surface area contributed by atoms with Crippen molar-refractivity contribution in [2.24, 2.45) is 0 Å². The second kappa shape index (κ2) is 9.89. The highest BCUT2D eigenvalue weighted by atomic mass is 35.5. The fraction of sp³-hybridized carbons (Fsp3) is 0.381. The number of hydrogen-bond donors (Lipinski definition) is 2. The molecule has 0 unspecified atom stereocenters. The summed E-state index contributed by atoms with van der Waals surface area (Å²) >= 11 is 6.20. The van der Waals surface area contributed by atoms with Crippen LogP contribution in [0.3, 0.4) is 0 Å². The quantitative estimate of drug-likeness (QED) is 0.673. The molecule has 162 valence electrons. The SMILES string of the molecule is C[C@H](NC(=O)c1ccc(Cl)c(S(=O)(=O)N2CCN(CCO)CC2)c1)c1ccccc1. The van der Waals surface area contributed by atoms with Crippen molar-refractivity contribution in [3.63, 3.8) is 0 Å². The normalized spacial score (nSPS) is 16.9. The minimum Gasteiger partial charge on any atom is -0.395 e. The van der Waals surface area contributed by atoms with Gasteiger partial charge in [0.15, 0.2) is 0 Å². The van der Waals surface area contributed by atoms with E-state index >= 15 is 0 Å². The summed E-state index contributed by atoms with van der Waals surface area (Å²) in [4.78, 5) is 14.6. The van der Waals surface area contributed by atoms with Crippen LogP contribution < -0.4 is 5.32 Å². The smallest absolute Gasteiger partial charge is 0.251 e. The molecule has 2 N–H and O–H groups in total. The minimum absolute atomic E-state index is 0.0388. The maximum absolute atomic E-state index is 13.1. The number of carbonyl (C=O) groups is 1. The largest absolute Gasteiger partial charge is 0.395 e. The van der Waals surface area contributed by atoms with E-state index in [0.29, 0.717) is 32.7 Å². The zero-order chi connectivity index (χ0) is 21.7. The molecule has 0 saturated carbocycles. The minimum atomic E-state index is -3.84. The van der Waals surface area contributed by atoms with Gasteiger partial charge in [0.1, 0.15) is 4.90 Å². The van der Waals surface area contributed by atoms with E-state index in [9.17, 15) is 13.2 Å². The highest BCUT2D eigenvalue weighted by Gasteiger charge is 2.30. The number of nitrogens with one attached hydrogen (secondary N) is 1. The van der Waals surface area contributed by atoms with E-state index in [2.05, 4.69) is 5.32 Å². The molecule has 1 saturated heterocycles. The lowest BCUT2D eigenvalue weighted by Gasteiger charge is -2.33. The van der Waals surface area contributed by atoms with Crippen LogP contribution in [-0.4, -0.2) is 68.0 Å². The predicted molar refractivity (Wildman–Crippen MR) is 116 cm³/mol. The molecule has 9 heteroatoms. The molecule has 1 heterocycles. The summed E-state index contributed by atoms with van der Waals surface area (Å²) in [6.07, 6.45) is 0. The molecular formula is C21H26ClN3O4S. The number of benzene rings is 2. The Morgan fingerprint density at radius 3 is 2.43 bits per heavy atom. The first-order valence-electron chi connectivity index (χ1n) is 9.81. The Morgan fingerprint density at radius 2 is 1.80 bits per heavy atom. The van der Waals surface area contributed by atoms with E-state index in [1.54, 1.807) is 0 Å². The Balaban J connectivity index is 1.77. The molecule has 2 aromatic rings. The number of sulfonamides is 1. The molecule has 7 nitrogen and oxygen atoms in total. The van der Waals surface area contributed by atoms with Crippen molar-refractivity contribution in [3.05, 3.63) is 64.7 Å². The van der Waals surface area contributed by atoms with Crippen LogP contribution in [0.2, 0.25) is 5.02 Å². The topological polar surface area (TPSA) is 90.0 Å². The first kappa shape index (κ1) is 22.7. The standard InChI is InChI=1S/C21H26ClN3O4S/c1-16(17-5-3-2-4-6-17)23-21(27)18-7-8-19(22)20(15-18)30(28,29)25-11-9-24(10-12-25)13-14-26/h2-8,15-16,26H,9-14H2,1H3,(H,23,27)/t16-/m0/s1. The molecule has 0 aliphatic carbocycles. The predicted octanol–water partition coefficient (Wildman–Crippen LogP) is 2.13. The summed E-state index contributed by atoms with van der Waals surface area (Å²) in [5, 5.41) is 12.0. The first-order chi connectivity index (χ1) is 14.3. The van der Waals surface area contributed by atoms with Crippen molar-refractivity contribution in [1.29, 1.82) is 0 Å². The number of aliphatic hydroxyl groups is 1. The average Bonchev–Trinajstić information content (AvgIpc) is 2.75. The van der Waals surface area contributed by atoms with Gasteiger partial charge in [-0.1, -0.05) is 41.9 Å². The lowest BCUT2D eigenvalue weighted by Crippen LogP contribution is -2.49. The third-order valence-corrected chi connectivity index (χ3v) is 7.59. The van der Waals surface area contributed by atoms with Crippen LogP contribution in [0.15, 0.2) is 53.4 Å². The lowest BCUT2D eigenvalue weighted by atomic mass is 10.1. The van der Waals surface area contributed by atoms with Gasteiger partial charge >= 0.3 is 0 Å². The summed E-state index contributed by atoms with van der Waals surface area (Å²) in [6.45, 7) is 4.10. The molecule has 0 radical (unpaired) electrons. The molecule has 0 aromatic heterocycles. The van der Waals surface area contributed by atoms with Crippen molar-refractivity contribution in [1.82, 2.24) is 14.5 Å². The highest BCUT2D eigenvalue weighted by molar-refractivity contribution is 7.89. The Morgan fingerprint density at radius 1 is 1.13 bits per heavy atom. The Labute approximate surface area is 182 Å². The van der Waals surface area contributed by atoms with Crippen LogP contribution in [0.25, 0.3) is 0 Å². The monoisotopic (exact) mass is 451 g/mol. The molecule has 30 heavy (non-hydrogen) atoms. The zero-order valence-electron chi connectivity index (χ0n) is 16.8. The van der Waals surface area contributed by atoms with Crippen LogP contribution >= 0.6 is 11.6 Å². The number of rotatable bonds is 7. The van der Waals surface area contributed by atoms with E-state index in [-0.39, 0.29) is 34.0 Å². The summed E-state index contributed by atoms with van der Waals surface area (Å²) in [7, 11) is -3.84. The van der Waals surface area contributed by atoms with Crippen molar-refractivity contribution >= 4 is 27.5 Å². The van der Waals surface area contributed by atoms with Gasteiger partial charge in [-0.15, -0.1) is 0 Å². The number of carbonyl (C=O) groups excluding carboxylic acids is 1. The fourth-order valence-electron chi connectivity index (χ4n) is 3.42. The number of aliphatic hydroxyl groups excluding tert-OH is 1. The van der Waals surface area contributed by atoms with E-state index in [1.807, 2.05) is 42.2 Å². The molecule has 1 amide bonds. The highest BCUT2D eigenvalue weighted by Crippen LogP contribution is 2.27. The van der Waals surface area contributed by atoms with E-state index in [1.165, 1.54) is 22.5 Å². The summed E-state index contributed by atoms with van der Waals surface area (Å²) in [5.41, 5.74) is 1.19. The Hall–Kier alpha value is -1.97. The van der Waals surface area contributed by atoms with Crippen molar-refractivity contribution < 1.29 is 18.3 Å². The number of piperazine rings is 1. The van der Waals surface area contributed by atoms with E-state index in [0.717, 1.165) is 5.56 Å². The van der Waals surface area contributed by atoms with Gasteiger partial charge in [-0.05, 0) is 30.7 Å². The van der Waals surface area contributed by atoms with E-state index in [4.69, 9.17) is 16.7 Å². The van der Waals surface area contributed by atoms with Gasteiger partial charge in [0.2, 0.25) is 10.0 Å². The molecule has 1 aliphatic heterocycles. The number of halogens is 1. The van der Waals surface area contributed by atoms with Gasteiger partial charge in [-0.25, -0.2) is 8.42 Å². The maximum atomic E-state index is 13.1. The van der Waals surface area contributed by atoms with Crippen molar-refractivity contribution in [2.75, 3.05) is 39.3 Å². The molecule has 3 rings (SSSR count). The number of nitrogens with zero attached hydrogens (tertiary/aromatic N) is 2. The molecule has 1 aliphatic rings. The average molecular weight is 452 g/mol. The fourth-order valence-corrected chi connectivity index (χ4v) is 5.34. The molecule has 0 bridgehead atoms. The Kier molecular flexibility index (Phi) is 7.49. The van der Waals surface area contributed by atoms with Gasteiger partial charge in [0.25, 0.3) is 5.91 Å². The van der Waals surface area contributed by atoms with Crippen LogP contribution in [0, 0.1) is 0 Å². The van der Waals surface area contributed by atoms with E-state index < -0.39 is 10.0 Å². The first-order valence-corrected chi connectivity index (χ1v) is 11.6. The number of hydrogen-bond acceptors (Lipinski definition) is 5. The van der Waals surface area contributed by atoms with Gasteiger partial charge in [-0.2, -0.15) is 4.31 Å². The second-order valence-electron chi connectivity index (χ2n) is 7.22. The molecule has 2 aromatic carbocycles. The van der Waals surface area contributed by atoms with Crippen molar-refractivity contribution in [3.8, 4) is 0 Å². The lowest BCUT2D eigenvalue weighted by molar-refractivity contribution is 0.0939. The number of amides is 1. The van der Waals surface area contributed by atoms with Crippen LogP contribution in [0.1, 0.15) is 28.9 Å².